The summed E-state index contributed by atoms with van der Waals surface area (Å²) in [5, 5.41) is 0. The molecule has 2 nitrogen and oxygen atoms in total. The molecule has 76 valence electrons. The van der Waals surface area contributed by atoms with Crippen LogP contribution in [0.4, 0.5) is 0 Å². The molecule has 4 aliphatic rings. The molecule has 1 saturated heterocycles. The molecule has 0 aromatic heterocycles. The van der Waals surface area contributed by atoms with Crippen molar-refractivity contribution in [2.75, 3.05) is 6.61 Å². The first-order valence-corrected chi connectivity index (χ1v) is 5.34. The normalized spacial score (nSPS) is 55.1. The van der Waals surface area contributed by atoms with Crippen molar-refractivity contribution in [1.82, 2.24) is 0 Å². The van der Waals surface area contributed by atoms with Crippen molar-refractivity contribution in [3.63, 3.8) is 0 Å². The van der Waals surface area contributed by atoms with Gasteiger partial charge in [-0.3, -0.25) is 4.79 Å². The van der Waals surface area contributed by atoms with Crippen LogP contribution in [0.2, 0.25) is 0 Å². The van der Waals surface area contributed by atoms with Gasteiger partial charge in [0.2, 0.25) is 0 Å². The Morgan fingerprint density at radius 1 is 1.50 bits per heavy atom. The Morgan fingerprint density at radius 2 is 2.21 bits per heavy atom. The quantitative estimate of drug-likeness (QED) is 0.548. The second kappa shape index (κ2) is 2.13. The van der Waals surface area contributed by atoms with E-state index in [2.05, 4.69) is 19.9 Å². The molecule has 0 radical (unpaired) electrons. The van der Waals surface area contributed by atoms with Crippen LogP contribution in [0, 0.1) is 17.3 Å². The van der Waals surface area contributed by atoms with Gasteiger partial charge in [0.15, 0.2) is 5.78 Å². The van der Waals surface area contributed by atoms with E-state index in [1.54, 1.807) is 0 Å². The molecule has 0 amide bonds. The zero-order valence-corrected chi connectivity index (χ0v) is 8.96. The third-order valence-electron chi connectivity index (χ3n) is 4.50. The fourth-order valence-corrected chi connectivity index (χ4v) is 3.58. The van der Waals surface area contributed by atoms with Crippen LogP contribution in [0.1, 0.15) is 27.2 Å². The average Bonchev–Trinajstić information content (AvgIpc) is 2.34. The van der Waals surface area contributed by atoms with Gasteiger partial charge in [-0.25, -0.2) is 0 Å². The molecule has 0 spiro atoms. The highest BCUT2D eigenvalue weighted by atomic mass is 16.5. The Balaban J connectivity index is 2.22. The van der Waals surface area contributed by atoms with Crippen molar-refractivity contribution in [3.8, 4) is 0 Å². The van der Waals surface area contributed by atoms with Gasteiger partial charge in [-0.15, -0.1) is 0 Å². The van der Waals surface area contributed by atoms with Crippen LogP contribution >= 0.6 is 0 Å². The summed E-state index contributed by atoms with van der Waals surface area (Å²) < 4.78 is 5.77. The minimum atomic E-state index is -0.503. The fourth-order valence-electron chi connectivity index (χ4n) is 3.58. The maximum Gasteiger partial charge on any atom is 0.172 e. The molecular formula is C12H16O2. The molecule has 1 saturated carbocycles. The van der Waals surface area contributed by atoms with Gasteiger partial charge in [-0.1, -0.05) is 18.6 Å². The van der Waals surface area contributed by atoms with Gasteiger partial charge in [-0.05, 0) is 20.3 Å². The van der Waals surface area contributed by atoms with Gasteiger partial charge < -0.3 is 4.74 Å². The summed E-state index contributed by atoms with van der Waals surface area (Å²) in [6.07, 6.45) is 3.27. The summed E-state index contributed by atoms with van der Waals surface area (Å²) in [4.78, 5) is 12.2. The SMILES string of the molecule is CC1=CC2C3(C)COC2(C)C(=O)C1C3. The van der Waals surface area contributed by atoms with Gasteiger partial charge in [0.1, 0.15) is 5.60 Å². The first-order chi connectivity index (χ1) is 6.47. The van der Waals surface area contributed by atoms with Gasteiger partial charge >= 0.3 is 0 Å². The molecule has 0 N–H and O–H groups in total. The summed E-state index contributed by atoms with van der Waals surface area (Å²) in [5.41, 5.74) is 0.977. The molecule has 14 heavy (non-hydrogen) atoms. The molecule has 2 heteroatoms. The molecule has 4 atom stereocenters. The van der Waals surface area contributed by atoms with Crippen LogP contribution < -0.4 is 0 Å². The zero-order chi connectivity index (χ0) is 10.1. The number of hydrogen-bond donors (Lipinski definition) is 0. The van der Waals surface area contributed by atoms with E-state index >= 15 is 0 Å². The Morgan fingerprint density at radius 3 is 2.93 bits per heavy atom. The number of Topliss-reactive ketones (excluding diaryl/α,β-unsaturated/α-hetero) is 1. The number of carbonyl (C=O) groups is 1. The molecular weight excluding hydrogens is 176 g/mol. The van der Waals surface area contributed by atoms with Gasteiger partial charge in [0.25, 0.3) is 0 Å². The highest BCUT2D eigenvalue weighted by Gasteiger charge is 2.64. The summed E-state index contributed by atoms with van der Waals surface area (Å²) in [5.74, 6) is 0.766. The van der Waals surface area contributed by atoms with E-state index in [9.17, 15) is 4.79 Å². The molecule has 0 aromatic rings. The van der Waals surface area contributed by atoms with Crippen LogP contribution in [-0.4, -0.2) is 18.0 Å². The Kier molecular flexibility index (Phi) is 1.32. The third kappa shape index (κ3) is 0.714. The minimum absolute atomic E-state index is 0.137. The Bertz CT molecular complexity index is 357. The van der Waals surface area contributed by atoms with Crippen LogP contribution in [0.5, 0.6) is 0 Å². The maximum absolute atomic E-state index is 12.2. The molecule has 3 aliphatic carbocycles. The second-order valence-corrected chi connectivity index (χ2v) is 5.56. The number of allylic oxidation sites excluding steroid dienone is 1. The van der Waals surface area contributed by atoms with E-state index in [4.69, 9.17) is 4.74 Å². The highest BCUT2D eigenvalue weighted by Crippen LogP contribution is 2.59. The van der Waals surface area contributed by atoms with E-state index in [1.165, 1.54) is 5.57 Å². The van der Waals surface area contributed by atoms with Crippen LogP contribution in [0.3, 0.4) is 0 Å². The molecule has 4 bridgehead atoms. The largest absolute Gasteiger partial charge is 0.366 e. The predicted molar refractivity (Wildman–Crippen MR) is 52.8 cm³/mol. The maximum atomic E-state index is 12.2. The standard InChI is InChI=1S/C12H16O2/c1-7-4-9-11(2)5-8(7)10(13)12(9,3)14-6-11/h4,8-9H,5-6H2,1-3H3. The van der Waals surface area contributed by atoms with E-state index in [1.807, 2.05) is 6.92 Å². The van der Waals surface area contributed by atoms with Gasteiger partial charge in [0, 0.05) is 17.3 Å². The lowest BCUT2D eigenvalue weighted by molar-refractivity contribution is -0.146. The Hall–Kier alpha value is -0.630. The Labute approximate surface area is 84.3 Å². The number of ether oxygens (including phenoxy) is 1. The smallest absolute Gasteiger partial charge is 0.172 e. The lowest BCUT2D eigenvalue weighted by Gasteiger charge is -2.47. The molecule has 1 heterocycles. The number of carbonyl (C=O) groups excluding carboxylic acids is 1. The minimum Gasteiger partial charge on any atom is -0.366 e. The average molecular weight is 192 g/mol. The van der Waals surface area contributed by atoms with Crippen LogP contribution in [0.25, 0.3) is 0 Å². The number of hydrogen-bond acceptors (Lipinski definition) is 2. The van der Waals surface area contributed by atoms with Crippen molar-refractivity contribution in [3.05, 3.63) is 11.6 Å². The highest BCUT2D eigenvalue weighted by molar-refractivity contribution is 5.95. The summed E-state index contributed by atoms with van der Waals surface area (Å²) in [7, 11) is 0. The fraction of sp³-hybridized carbons (Fsp3) is 0.750. The topological polar surface area (TPSA) is 26.3 Å². The zero-order valence-electron chi connectivity index (χ0n) is 8.96. The van der Waals surface area contributed by atoms with Crippen molar-refractivity contribution in [1.29, 1.82) is 0 Å². The molecule has 0 aromatic carbocycles. The lowest BCUT2D eigenvalue weighted by Crippen LogP contribution is -2.55. The van der Waals surface area contributed by atoms with Gasteiger partial charge in [-0.2, -0.15) is 0 Å². The third-order valence-corrected chi connectivity index (χ3v) is 4.50. The van der Waals surface area contributed by atoms with E-state index < -0.39 is 5.60 Å². The molecule has 4 rings (SSSR count). The summed E-state index contributed by atoms with van der Waals surface area (Å²) in [6.45, 7) is 7.06. The number of ketones is 1. The van der Waals surface area contributed by atoms with Crippen LogP contribution in [0.15, 0.2) is 11.6 Å². The van der Waals surface area contributed by atoms with Gasteiger partial charge in [0.05, 0.1) is 6.61 Å². The summed E-state index contributed by atoms with van der Waals surface area (Å²) in [6, 6.07) is 0. The van der Waals surface area contributed by atoms with E-state index in [-0.39, 0.29) is 11.3 Å². The van der Waals surface area contributed by atoms with Crippen molar-refractivity contribution in [2.24, 2.45) is 17.3 Å². The molecule has 1 aliphatic heterocycles. The monoisotopic (exact) mass is 192 g/mol. The van der Waals surface area contributed by atoms with Crippen molar-refractivity contribution in [2.45, 2.75) is 32.8 Å². The molecule has 2 fully saturated rings. The second-order valence-electron chi connectivity index (χ2n) is 5.56. The van der Waals surface area contributed by atoms with Crippen molar-refractivity contribution >= 4 is 5.78 Å². The predicted octanol–water partition coefficient (Wildman–Crippen LogP) is 1.95. The lowest BCUT2D eigenvalue weighted by atomic mass is 9.54. The first-order valence-electron chi connectivity index (χ1n) is 5.34. The van der Waals surface area contributed by atoms with E-state index in [0.717, 1.165) is 13.0 Å². The first kappa shape index (κ1) is 8.66. The molecule has 4 unspecified atom stereocenters. The van der Waals surface area contributed by atoms with Crippen LogP contribution in [-0.2, 0) is 9.53 Å². The van der Waals surface area contributed by atoms with Crippen molar-refractivity contribution < 1.29 is 9.53 Å². The summed E-state index contributed by atoms with van der Waals surface area (Å²) >= 11 is 0. The van der Waals surface area contributed by atoms with E-state index in [0.29, 0.717) is 11.7 Å². The number of rotatable bonds is 0.